The quantitative estimate of drug-likeness (QED) is 0.0936. The fourth-order valence-electron chi connectivity index (χ4n) is 7.22. The highest BCUT2D eigenvalue weighted by Crippen LogP contribution is 2.42. The van der Waals surface area contributed by atoms with E-state index >= 15 is 0 Å². The second kappa shape index (κ2) is 14.7. The molecule has 1 heterocycles. The summed E-state index contributed by atoms with van der Waals surface area (Å²) in [6.07, 6.45) is 13.5. The molecule has 0 amide bonds. The summed E-state index contributed by atoms with van der Waals surface area (Å²) >= 11 is 0. The summed E-state index contributed by atoms with van der Waals surface area (Å²) in [6.45, 7) is 3.25. The predicted molar refractivity (Wildman–Crippen MR) is 197 cm³/mol. The third-order valence-electron chi connectivity index (χ3n) is 9.72. The summed E-state index contributed by atoms with van der Waals surface area (Å²) in [5.74, 6) is 0.152. The van der Waals surface area contributed by atoms with Crippen molar-refractivity contribution >= 4 is 34.4 Å². The molecule has 1 aliphatic heterocycles. The minimum absolute atomic E-state index is 0.350. The zero-order chi connectivity index (χ0) is 32.7. The molecule has 2 aliphatic carbocycles. The molecule has 0 saturated heterocycles. The normalized spacial score (nSPS) is 18.7. The van der Waals surface area contributed by atoms with Gasteiger partial charge in [-0.15, -0.1) is 0 Å². The molecule has 0 bridgehead atoms. The van der Waals surface area contributed by atoms with Gasteiger partial charge in [0, 0.05) is 40.6 Å². The first-order valence-corrected chi connectivity index (χ1v) is 17.5. The lowest BCUT2D eigenvalue weighted by Gasteiger charge is -2.35. The maximum absolute atomic E-state index is 13.0. The number of oxime groups is 1. The van der Waals surface area contributed by atoms with E-state index in [1.807, 2.05) is 30.3 Å². The smallest absolute Gasteiger partial charge is 0.345 e. The van der Waals surface area contributed by atoms with Gasteiger partial charge in [0.15, 0.2) is 0 Å². The molecule has 0 aromatic heterocycles. The molecule has 1 unspecified atom stereocenters. The summed E-state index contributed by atoms with van der Waals surface area (Å²) in [7, 11) is 0. The van der Waals surface area contributed by atoms with Crippen LogP contribution in [0.25, 0.3) is 0 Å². The molecule has 0 spiro atoms. The third-order valence-corrected chi connectivity index (χ3v) is 9.72. The van der Waals surface area contributed by atoms with E-state index in [0.29, 0.717) is 17.2 Å². The van der Waals surface area contributed by atoms with Crippen molar-refractivity contribution in [3.05, 3.63) is 155 Å². The van der Waals surface area contributed by atoms with Crippen molar-refractivity contribution in [3.63, 3.8) is 0 Å². The molecule has 0 saturated carbocycles. The van der Waals surface area contributed by atoms with Gasteiger partial charge in [-0.2, -0.15) is 0 Å². The molecule has 242 valence electrons. The number of anilines is 4. The Morgan fingerprint density at radius 1 is 0.688 bits per heavy atom. The first-order chi connectivity index (χ1) is 23.7. The molecule has 3 aliphatic rings. The van der Waals surface area contributed by atoms with Crippen molar-refractivity contribution in [1.29, 1.82) is 0 Å². The van der Waals surface area contributed by atoms with E-state index < -0.39 is 0 Å². The van der Waals surface area contributed by atoms with Crippen LogP contribution in [0.2, 0.25) is 0 Å². The Morgan fingerprint density at radius 3 is 1.96 bits per heavy atom. The lowest BCUT2D eigenvalue weighted by atomic mass is 9.77. The maximum atomic E-state index is 13.0. The number of hydrogen-bond donors (Lipinski definition) is 0. The second-order valence-electron chi connectivity index (χ2n) is 12.9. The topological polar surface area (TPSA) is 45.1 Å². The lowest BCUT2D eigenvalue weighted by molar-refractivity contribution is -0.136. The van der Waals surface area contributed by atoms with E-state index in [1.54, 1.807) is 0 Å². The van der Waals surface area contributed by atoms with E-state index in [2.05, 4.69) is 119 Å². The first-order valence-electron chi connectivity index (χ1n) is 17.5. The Morgan fingerprint density at radius 2 is 1.29 bits per heavy atom. The number of para-hydroxylation sites is 2. The van der Waals surface area contributed by atoms with E-state index in [-0.39, 0.29) is 5.97 Å². The fourth-order valence-corrected chi connectivity index (χ4v) is 7.22. The summed E-state index contributed by atoms with van der Waals surface area (Å²) < 4.78 is 0. The predicted octanol–water partition coefficient (Wildman–Crippen LogP) is 10.8. The van der Waals surface area contributed by atoms with Crippen LogP contribution >= 0.6 is 0 Å². The number of benzene rings is 4. The molecular formula is C43H43N3O2. The fraction of sp³-hybridized carbons (Fsp3) is 0.256. The highest BCUT2D eigenvalue weighted by atomic mass is 16.7. The van der Waals surface area contributed by atoms with E-state index in [9.17, 15) is 4.79 Å². The van der Waals surface area contributed by atoms with Crippen LogP contribution in [-0.2, 0) is 9.63 Å². The molecule has 48 heavy (non-hydrogen) atoms. The van der Waals surface area contributed by atoms with Crippen molar-refractivity contribution in [2.24, 2.45) is 11.1 Å². The minimum atomic E-state index is -0.350. The molecule has 1 atom stereocenters. The average molecular weight is 634 g/mol. The summed E-state index contributed by atoms with van der Waals surface area (Å²) in [6, 6.07) is 40.1. The van der Waals surface area contributed by atoms with Crippen LogP contribution < -0.4 is 9.80 Å². The minimum Gasteiger partial charge on any atom is -0.345 e. The van der Waals surface area contributed by atoms with Gasteiger partial charge in [0.2, 0.25) is 0 Å². The molecule has 0 N–H and O–H groups in total. The number of fused-ring (bicyclic) bond motifs is 1. The number of rotatable bonds is 11. The van der Waals surface area contributed by atoms with Gasteiger partial charge in [-0.25, -0.2) is 4.79 Å². The first kappa shape index (κ1) is 31.4. The Hall–Kier alpha value is -5.16. The Balaban J connectivity index is 1.22. The van der Waals surface area contributed by atoms with Crippen LogP contribution in [0, 0.1) is 5.92 Å². The SMILES string of the molecule is CCCCCCN(C1=CC2=C/C(=C3/C(=O)ON=C3c3ccccc3)CCC2CC1)c1ccc(N(c2ccccc2)c2ccccc2)cc1. The van der Waals surface area contributed by atoms with Crippen LogP contribution in [-0.4, -0.2) is 18.2 Å². The molecule has 4 aromatic carbocycles. The Kier molecular flexibility index (Phi) is 9.65. The van der Waals surface area contributed by atoms with Gasteiger partial charge < -0.3 is 14.6 Å². The average Bonchev–Trinajstić information content (AvgIpc) is 3.54. The highest BCUT2D eigenvalue weighted by Gasteiger charge is 2.33. The van der Waals surface area contributed by atoms with Gasteiger partial charge in [-0.3, -0.25) is 0 Å². The van der Waals surface area contributed by atoms with Crippen molar-refractivity contribution in [2.45, 2.75) is 58.3 Å². The van der Waals surface area contributed by atoms with Gasteiger partial charge in [0.05, 0.1) is 5.57 Å². The van der Waals surface area contributed by atoms with Crippen molar-refractivity contribution in [1.82, 2.24) is 0 Å². The van der Waals surface area contributed by atoms with E-state index in [0.717, 1.165) is 66.8 Å². The zero-order valence-corrected chi connectivity index (χ0v) is 27.7. The van der Waals surface area contributed by atoms with Crippen LogP contribution in [0.15, 0.2) is 155 Å². The Labute approximate surface area is 284 Å². The molecule has 5 nitrogen and oxygen atoms in total. The molecular weight excluding hydrogens is 590 g/mol. The van der Waals surface area contributed by atoms with Gasteiger partial charge in [-0.05, 0) is 104 Å². The van der Waals surface area contributed by atoms with Crippen molar-refractivity contribution < 1.29 is 9.63 Å². The van der Waals surface area contributed by atoms with Crippen LogP contribution in [0.4, 0.5) is 22.7 Å². The summed E-state index contributed by atoms with van der Waals surface area (Å²) in [5, 5.41) is 4.19. The van der Waals surface area contributed by atoms with Crippen molar-refractivity contribution in [3.8, 4) is 0 Å². The number of carbonyl (C=O) groups is 1. The standard InChI is InChI=1S/C43H43N3O2/c1-2-3-4-14-29-45(36-25-27-39(28-26-36)46(37-17-10-6-11-18-37)38-19-12-7-13-20-38)40-24-23-32-21-22-34(30-35(32)31-40)41-42(44-48-43(41)47)33-15-8-5-9-16-33/h5-13,15-20,25-28,30-32H,2-4,14,21-24,29H2,1H3/b41-34+. The number of hydrogen-bond acceptors (Lipinski definition) is 5. The highest BCUT2D eigenvalue weighted by molar-refractivity contribution is 6.29. The van der Waals surface area contributed by atoms with Gasteiger partial charge in [0.1, 0.15) is 5.71 Å². The van der Waals surface area contributed by atoms with Gasteiger partial charge in [-0.1, -0.05) is 104 Å². The lowest BCUT2D eigenvalue weighted by Crippen LogP contribution is -2.27. The number of unbranched alkanes of at least 4 members (excludes halogenated alkanes) is 3. The number of carbonyl (C=O) groups excluding carboxylic acids is 1. The molecule has 4 aromatic rings. The summed E-state index contributed by atoms with van der Waals surface area (Å²) in [4.78, 5) is 23.0. The molecule has 0 radical (unpaired) electrons. The number of allylic oxidation sites excluding steroid dienone is 5. The van der Waals surface area contributed by atoms with Gasteiger partial charge in [0.25, 0.3) is 0 Å². The van der Waals surface area contributed by atoms with E-state index in [4.69, 9.17) is 4.84 Å². The number of nitrogens with zero attached hydrogens (tertiary/aromatic N) is 3. The molecule has 5 heteroatoms. The van der Waals surface area contributed by atoms with Crippen molar-refractivity contribution in [2.75, 3.05) is 16.3 Å². The largest absolute Gasteiger partial charge is 0.368 e. The maximum Gasteiger partial charge on any atom is 0.368 e. The van der Waals surface area contributed by atoms with E-state index in [1.165, 1.54) is 36.2 Å². The molecule has 7 rings (SSSR count). The van der Waals surface area contributed by atoms with Gasteiger partial charge >= 0.3 is 5.97 Å². The monoisotopic (exact) mass is 633 g/mol. The summed E-state index contributed by atoms with van der Waals surface area (Å²) in [5.41, 5.74) is 10.5. The van der Waals surface area contributed by atoms with Crippen LogP contribution in [0.5, 0.6) is 0 Å². The second-order valence-corrected chi connectivity index (χ2v) is 12.9. The van der Waals surface area contributed by atoms with Crippen LogP contribution in [0.1, 0.15) is 63.9 Å². The third kappa shape index (κ3) is 6.77. The molecule has 0 fully saturated rings. The van der Waals surface area contributed by atoms with Crippen LogP contribution in [0.3, 0.4) is 0 Å². The zero-order valence-electron chi connectivity index (χ0n) is 27.7. The Bertz CT molecular complexity index is 1800.